The fraction of sp³-hybridized carbons (Fsp3) is 0.421. The van der Waals surface area contributed by atoms with Crippen LogP contribution in [0.5, 0.6) is 0 Å². The van der Waals surface area contributed by atoms with E-state index in [-0.39, 0.29) is 11.2 Å². The Labute approximate surface area is 151 Å². The van der Waals surface area contributed by atoms with Crippen LogP contribution in [0.2, 0.25) is 0 Å². The molecule has 2 aromatic heterocycles. The molecule has 3 rings (SSSR count). The number of ether oxygens (including phenoxy) is 1. The van der Waals surface area contributed by atoms with Crippen molar-refractivity contribution >= 4 is 11.2 Å². The first kappa shape index (κ1) is 18.1. The van der Waals surface area contributed by atoms with Gasteiger partial charge >= 0.3 is 5.69 Å². The van der Waals surface area contributed by atoms with E-state index in [9.17, 15) is 9.59 Å². The molecule has 0 aliphatic heterocycles. The van der Waals surface area contributed by atoms with Gasteiger partial charge < -0.3 is 9.72 Å². The van der Waals surface area contributed by atoms with Crippen LogP contribution in [-0.2, 0) is 24.2 Å². The van der Waals surface area contributed by atoms with Crippen molar-refractivity contribution < 1.29 is 4.74 Å². The third-order valence-corrected chi connectivity index (χ3v) is 4.24. The second-order valence-corrected chi connectivity index (χ2v) is 6.13. The van der Waals surface area contributed by atoms with Gasteiger partial charge in [0.2, 0.25) is 0 Å². The molecule has 1 aromatic carbocycles. The molecule has 0 fully saturated rings. The molecule has 7 nitrogen and oxygen atoms in total. The van der Waals surface area contributed by atoms with Crippen LogP contribution in [0.1, 0.15) is 31.7 Å². The molecule has 1 N–H and O–H groups in total. The lowest BCUT2D eigenvalue weighted by Crippen LogP contribution is -2.40. The summed E-state index contributed by atoms with van der Waals surface area (Å²) >= 11 is 0. The molecule has 0 radical (unpaired) electrons. The van der Waals surface area contributed by atoms with Crippen LogP contribution in [-0.4, -0.2) is 32.3 Å². The summed E-state index contributed by atoms with van der Waals surface area (Å²) in [7, 11) is 0. The van der Waals surface area contributed by atoms with E-state index in [1.165, 1.54) is 9.13 Å². The summed E-state index contributed by atoms with van der Waals surface area (Å²) in [6, 6.07) is 9.89. The molecule has 0 unspecified atom stereocenters. The molecule has 0 atom stereocenters. The second kappa shape index (κ2) is 8.14. The Morgan fingerprint density at radius 1 is 1.08 bits per heavy atom. The maximum atomic E-state index is 12.8. The maximum Gasteiger partial charge on any atom is 0.332 e. The first-order valence-corrected chi connectivity index (χ1v) is 8.99. The van der Waals surface area contributed by atoms with E-state index in [1.807, 2.05) is 44.2 Å². The highest BCUT2D eigenvalue weighted by Crippen LogP contribution is 2.10. The lowest BCUT2D eigenvalue weighted by Gasteiger charge is -2.10. The van der Waals surface area contributed by atoms with Crippen molar-refractivity contribution in [2.75, 3.05) is 13.2 Å². The van der Waals surface area contributed by atoms with Gasteiger partial charge in [-0.15, -0.1) is 0 Å². The maximum absolute atomic E-state index is 12.8. The Hall–Kier alpha value is -2.67. The van der Waals surface area contributed by atoms with E-state index >= 15 is 0 Å². The normalized spacial score (nSPS) is 11.3. The van der Waals surface area contributed by atoms with Crippen molar-refractivity contribution in [3.63, 3.8) is 0 Å². The molecule has 138 valence electrons. The van der Waals surface area contributed by atoms with E-state index in [4.69, 9.17) is 4.74 Å². The first-order valence-electron chi connectivity index (χ1n) is 8.99. The van der Waals surface area contributed by atoms with Gasteiger partial charge in [0.25, 0.3) is 5.56 Å². The van der Waals surface area contributed by atoms with Gasteiger partial charge in [0, 0.05) is 19.6 Å². The highest BCUT2D eigenvalue weighted by atomic mass is 16.5. The SMILES string of the molecule is CCCn1c(=O)c2[nH]c(Cc3ccccc3)nc2n(CCOCC)c1=O. The number of hydrogen-bond donors (Lipinski definition) is 1. The summed E-state index contributed by atoms with van der Waals surface area (Å²) in [6.45, 7) is 5.57. The molecule has 0 amide bonds. The van der Waals surface area contributed by atoms with Gasteiger partial charge in [-0.3, -0.25) is 13.9 Å². The van der Waals surface area contributed by atoms with Gasteiger partial charge in [0.05, 0.1) is 13.2 Å². The zero-order valence-corrected chi connectivity index (χ0v) is 15.2. The molecular formula is C19H24N4O3. The first-order chi connectivity index (χ1) is 12.7. The number of hydrogen-bond acceptors (Lipinski definition) is 4. The third kappa shape index (κ3) is 3.62. The number of aromatic amines is 1. The number of imidazole rings is 1. The third-order valence-electron chi connectivity index (χ3n) is 4.24. The topological polar surface area (TPSA) is 81.9 Å². The average Bonchev–Trinajstić information content (AvgIpc) is 3.06. The van der Waals surface area contributed by atoms with Crippen molar-refractivity contribution in [1.29, 1.82) is 0 Å². The zero-order valence-electron chi connectivity index (χ0n) is 15.2. The Morgan fingerprint density at radius 2 is 1.85 bits per heavy atom. The van der Waals surface area contributed by atoms with Gasteiger partial charge in [-0.1, -0.05) is 37.3 Å². The number of benzene rings is 1. The van der Waals surface area contributed by atoms with Crippen LogP contribution in [0.15, 0.2) is 39.9 Å². The molecule has 7 heteroatoms. The second-order valence-electron chi connectivity index (χ2n) is 6.13. The average molecular weight is 356 g/mol. The van der Waals surface area contributed by atoms with E-state index in [0.717, 1.165) is 5.56 Å². The number of fused-ring (bicyclic) bond motifs is 1. The van der Waals surface area contributed by atoms with Crippen molar-refractivity contribution in [3.8, 4) is 0 Å². The predicted octanol–water partition coefficient (Wildman–Crippen LogP) is 1.92. The lowest BCUT2D eigenvalue weighted by molar-refractivity contribution is 0.138. The Morgan fingerprint density at radius 3 is 2.54 bits per heavy atom. The Bertz CT molecular complexity index is 986. The van der Waals surface area contributed by atoms with E-state index in [0.29, 0.717) is 56.1 Å². The van der Waals surface area contributed by atoms with Crippen LogP contribution >= 0.6 is 0 Å². The molecule has 0 aliphatic carbocycles. The minimum absolute atomic E-state index is 0.314. The number of aromatic nitrogens is 4. The molecule has 26 heavy (non-hydrogen) atoms. The lowest BCUT2D eigenvalue weighted by atomic mass is 10.1. The van der Waals surface area contributed by atoms with Crippen molar-refractivity contribution in [1.82, 2.24) is 19.1 Å². The Kier molecular flexibility index (Phi) is 5.68. The minimum Gasteiger partial charge on any atom is -0.380 e. The van der Waals surface area contributed by atoms with Gasteiger partial charge in [-0.2, -0.15) is 0 Å². The molecular weight excluding hydrogens is 332 g/mol. The van der Waals surface area contributed by atoms with E-state index in [2.05, 4.69) is 9.97 Å². The summed E-state index contributed by atoms with van der Waals surface area (Å²) < 4.78 is 8.20. The molecule has 0 bridgehead atoms. The van der Waals surface area contributed by atoms with Crippen LogP contribution in [0.4, 0.5) is 0 Å². The van der Waals surface area contributed by atoms with Crippen LogP contribution in [0, 0.1) is 0 Å². The number of rotatable bonds is 8. The summed E-state index contributed by atoms with van der Waals surface area (Å²) in [6.07, 6.45) is 1.28. The fourth-order valence-electron chi connectivity index (χ4n) is 3.01. The molecule has 0 saturated heterocycles. The number of nitrogens with one attached hydrogen (secondary N) is 1. The standard InChI is InChI=1S/C19H24N4O3/c1-3-10-23-18(24)16-17(22(19(23)25)11-12-26-4-2)21-15(20-16)13-14-8-6-5-7-9-14/h5-9H,3-4,10-13H2,1-2H3,(H,20,21). The van der Waals surface area contributed by atoms with Crippen LogP contribution in [0.25, 0.3) is 11.2 Å². The van der Waals surface area contributed by atoms with Crippen molar-refractivity contribution in [3.05, 3.63) is 62.6 Å². The summed E-state index contributed by atoms with van der Waals surface area (Å²) in [5.74, 6) is 0.669. The van der Waals surface area contributed by atoms with E-state index < -0.39 is 0 Å². The van der Waals surface area contributed by atoms with Gasteiger partial charge in [0.1, 0.15) is 11.3 Å². The zero-order chi connectivity index (χ0) is 18.5. The largest absolute Gasteiger partial charge is 0.380 e. The van der Waals surface area contributed by atoms with Gasteiger partial charge in [0.15, 0.2) is 5.65 Å². The molecule has 0 aliphatic rings. The molecule has 3 aromatic rings. The smallest absolute Gasteiger partial charge is 0.332 e. The van der Waals surface area contributed by atoms with Crippen LogP contribution in [0.3, 0.4) is 0 Å². The number of H-pyrrole nitrogens is 1. The Balaban J connectivity index is 2.09. The number of nitrogens with zero attached hydrogens (tertiary/aromatic N) is 3. The summed E-state index contributed by atoms with van der Waals surface area (Å²) in [4.78, 5) is 33.2. The summed E-state index contributed by atoms with van der Waals surface area (Å²) in [5, 5.41) is 0. The summed E-state index contributed by atoms with van der Waals surface area (Å²) in [5.41, 5.74) is 1.22. The van der Waals surface area contributed by atoms with Crippen molar-refractivity contribution in [2.45, 2.75) is 39.8 Å². The highest BCUT2D eigenvalue weighted by Gasteiger charge is 2.17. The molecule has 0 spiro atoms. The minimum atomic E-state index is -0.332. The fourth-order valence-corrected chi connectivity index (χ4v) is 3.01. The van der Waals surface area contributed by atoms with Crippen molar-refractivity contribution in [2.24, 2.45) is 0 Å². The predicted molar refractivity (Wildman–Crippen MR) is 101 cm³/mol. The van der Waals surface area contributed by atoms with Crippen LogP contribution < -0.4 is 11.2 Å². The molecule has 0 saturated carbocycles. The highest BCUT2D eigenvalue weighted by molar-refractivity contribution is 5.70. The monoisotopic (exact) mass is 356 g/mol. The van der Waals surface area contributed by atoms with Gasteiger partial charge in [-0.25, -0.2) is 9.78 Å². The quantitative estimate of drug-likeness (QED) is 0.625. The van der Waals surface area contributed by atoms with Gasteiger partial charge in [-0.05, 0) is 18.9 Å². The molecule has 2 heterocycles. The van der Waals surface area contributed by atoms with E-state index in [1.54, 1.807) is 0 Å².